The Kier molecular flexibility index (Phi) is 3.47. The minimum atomic E-state index is -0.105. The Bertz CT molecular complexity index is 455. The van der Waals surface area contributed by atoms with Crippen molar-refractivity contribution in [3.63, 3.8) is 0 Å². The van der Waals surface area contributed by atoms with Gasteiger partial charge in [-0.15, -0.1) is 0 Å². The van der Waals surface area contributed by atoms with E-state index in [1.165, 1.54) is 11.3 Å². The van der Waals surface area contributed by atoms with Gasteiger partial charge in [0.25, 0.3) is 5.91 Å². The lowest BCUT2D eigenvalue weighted by molar-refractivity contribution is 0.0915. The lowest BCUT2D eigenvalue weighted by Gasteiger charge is -2.27. The molecule has 1 heterocycles. The number of rotatable bonds is 3. The number of carbonyl (C=O) groups excluding carboxylic acids is 1. The molecule has 1 unspecified atom stereocenters. The summed E-state index contributed by atoms with van der Waals surface area (Å²) in [5.74, 6) is 0.198. The van der Waals surface area contributed by atoms with Crippen LogP contribution < -0.4 is 16.4 Å². The van der Waals surface area contributed by atoms with Crippen molar-refractivity contribution >= 4 is 28.2 Å². The molecule has 6 heteroatoms. The highest BCUT2D eigenvalue weighted by atomic mass is 32.1. The zero-order valence-electron chi connectivity index (χ0n) is 11.0. The van der Waals surface area contributed by atoms with Crippen molar-refractivity contribution in [1.29, 1.82) is 0 Å². The van der Waals surface area contributed by atoms with Gasteiger partial charge in [0.05, 0.1) is 0 Å². The third-order valence-corrected chi connectivity index (χ3v) is 4.72. The average Bonchev–Trinajstić information content (AvgIpc) is 2.82. The van der Waals surface area contributed by atoms with Gasteiger partial charge in [0.1, 0.15) is 10.7 Å². The fraction of sp³-hybridized carbons (Fsp3) is 0.667. The van der Waals surface area contributed by atoms with E-state index in [1.54, 1.807) is 7.05 Å². The molecule has 1 fully saturated rings. The summed E-state index contributed by atoms with van der Waals surface area (Å²) < 4.78 is 0. The topological polar surface area (TPSA) is 80.0 Å². The molecule has 0 bridgehead atoms. The third-order valence-electron chi connectivity index (χ3n) is 3.64. The van der Waals surface area contributed by atoms with Gasteiger partial charge in [-0.25, -0.2) is 4.98 Å². The van der Waals surface area contributed by atoms with E-state index in [2.05, 4.69) is 29.5 Å². The molecule has 5 nitrogen and oxygen atoms in total. The molecule has 0 aromatic carbocycles. The average molecular weight is 268 g/mol. The van der Waals surface area contributed by atoms with Crippen LogP contribution in [-0.2, 0) is 0 Å². The summed E-state index contributed by atoms with van der Waals surface area (Å²) in [7, 11) is 1.76. The van der Waals surface area contributed by atoms with Crippen molar-refractivity contribution in [2.24, 2.45) is 5.41 Å². The van der Waals surface area contributed by atoms with Gasteiger partial charge in [0.2, 0.25) is 0 Å². The van der Waals surface area contributed by atoms with Crippen molar-refractivity contribution < 1.29 is 4.79 Å². The number of nitrogen functional groups attached to an aromatic ring is 1. The van der Waals surface area contributed by atoms with E-state index in [4.69, 9.17) is 5.73 Å². The summed E-state index contributed by atoms with van der Waals surface area (Å²) >= 11 is 1.29. The Morgan fingerprint density at radius 3 is 2.78 bits per heavy atom. The first-order valence-corrected chi connectivity index (χ1v) is 7.00. The number of hydrogen-bond donors (Lipinski definition) is 3. The molecule has 4 N–H and O–H groups in total. The number of nitrogens with one attached hydrogen (secondary N) is 2. The Balaban J connectivity index is 2.10. The van der Waals surface area contributed by atoms with Gasteiger partial charge in [-0.3, -0.25) is 4.79 Å². The number of nitrogens with two attached hydrogens (primary N) is 1. The van der Waals surface area contributed by atoms with Crippen LogP contribution in [0, 0.1) is 5.41 Å². The maximum absolute atomic E-state index is 12.2. The molecule has 1 aromatic rings. The molecule has 1 aromatic heterocycles. The summed E-state index contributed by atoms with van der Waals surface area (Å²) in [5.41, 5.74) is 5.93. The first-order valence-electron chi connectivity index (χ1n) is 6.19. The molecule has 1 atom stereocenters. The first kappa shape index (κ1) is 13.1. The van der Waals surface area contributed by atoms with Crippen LogP contribution in [0.4, 0.5) is 10.9 Å². The Morgan fingerprint density at radius 2 is 2.28 bits per heavy atom. The minimum absolute atomic E-state index is 0.105. The van der Waals surface area contributed by atoms with E-state index in [0.29, 0.717) is 15.8 Å². The van der Waals surface area contributed by atoms with Crippen molar-refractivity contribution in [1.82, 2.24) is 10.3 Å². The Labute approximate surface area is 111 Å². The first-order chi connectivity index (χ1) is 8.44. The zero-order chi connectivity index (χ0) is 13.3. The van der Waals surface area contributed by atoms with E-state index in [0.717, 1.165) is 19.3 Å². The fourth-order valence-corrected chi connectivity index (χ4v) is 3.16. The maximum Gasteiger partial charge on any atom is 0.265 e. The zero-order valence-corrected chi connectivity index (χ0v) is 11.9. The number of carbonyl (C=O) groups is 1. The molecular weight excluding hydrogens is 248 g/mol. The van der Waals surface area contributed by atoms with E-state index >= 15 is 0 Å². The summed E-state index contributed by atoms with van der Waals surface area (Å²) in [5, 5.41) is 6.66. The number of nitrogens with zero attached hydrogens (tertiary/aromatic N) is 1. The Hall–Kier alpha value is -1.30. The third kappa shape index (κ3) is 2.43. The number of aromatic nitrogens is 1. The Morgan fingerprint density at radius 1 is 1.56 bits per heavy atom. The quantitative estimate of drug-likeness (QED) is 0.784. The number of thiazole rings is 1. The largest absolute Gasteiger partial charge is 0.382 e. The molecule has 0 aliphatic heterocycles. The second kappa shape index (κ2) is 4.76. The summed E-state index contributed by atoms with van der Waals surface area (Å²) in [6.45, 7) is 4.39. The maximum atomic E-state index is 12.2. The van der Waals surface area contributed by atoms with Crippen LogP contribution in [-0.4, -0.2) is 24.0 Å². The smallest absolute Gasteiger partial charge is 0.265 e. The van der Waals surface area contributed by atoms with Crippen LogP contribution in [0.15, 0.2) is 0 Å². The molecule has 1 aliphatic carbocycles. The number of anilines is 2. The molecule has 1 aliphatic rings. The minimum Gasteiger partial charge on any atom is -0.382 e. The van der Waals surface area contributed by atoms with E-state index in [9.17, 15) is 4.79 Å². The molecule has 0 radical (unpaired) electrons. The second-order valence-electron chi connectivity index (χ2n) is 5.39. The normalized spacial score (nSPS) is 21.8. The molecule has 1 amide bonds. The summed E-state index contributed by atoms with van der Waals surface area (Å²) in [6, 6.07) is 0.226. The number of amides is 1. The lowest BCUT2D eigenvalue weighted by atomic mass is 9.87. The van der Waals surface area contributed by atoms with Crippen LogP contribution in [0.5, 0.6) is 0 Å². The molecule has 0 saturated heterocycles. The van der Waals surface area contributed by atoms with Crippen LogP contribution >= 0.6 is 11.3 Å². The van der Waals surface area contributed by atoms with Crippen LogP contribution in [0.25, 0.3) is 0 Å². The summed E-state index contributed by atoms with van der Waals surface area (Å²) in [4.78, 5) is 16.8. The SMILES string of the molecule is CNc1nc(N)c(C(=O)NC2CCCC2(C)C)s1. The van der Waals surface area contributed by atoms with E-state index in [1.807, 2.05) is 0 Å². The van der Waals surface area contributed by atoms with Crippen LogP contribution in [0.2, 0.25) is 0 Å². The highest BCUT2D eigenvalue weighted by Gasteiger charge is 2.36. The monoisotopic (exact) mass is 268 g/mol. The van der Waals surface area contributed by atoms with Crippen molar-refractivity contribution in [2.75, 3.05) is 18.1 Å². The van der Waals surface area contributed by atoms with Gasteiger partial charge in [-0.05, 0) is 18.3 Å². The predicted molar refractivity (Wildman–Crippen MR) is 75.0 cm³/mol. The van der Waals surface area contributed by atoms with Gasteiger partial charge in [-0.1, -0.05) is 31.6 Å². The van der Waals surface area contributed by atoms with Crippen molar-refractivity contribution in [2.45, 2.75) is 39.2 Å². The van der Waals surface area contributed by atoms with Gasteiger partial charge in [0.15, 0.2) is 5.13 Å². The highest BCUT2D eigenvalue weighted by Crippen LogP contribution is 2.37. The highest BCUT2D eigenvalue weighted by molar-refractivity contribution is 7.18. The van der Waals surface area contributed by atoms with E-state index < -0.39 is 0 Å². The van der Waals surface area contributed by atoms with Gasteiger partial charge < -0.3 is 16.4 Å². The molecule has 18 heavy (non-hydrogen) atoms. The van der Waals surface area contributed by atoms with Gasteiger partial charge >= 0.3 is 0 Å². The fourth-order valence-electron chi connectivity index (χ4n) is 2.42. The van der Waals surface area contributed by atoms with E-state index in [-0.39, 0.29) is 17.4 Å². The standard InChI is InChI=1S/C12H20N4OS/c1-12(2)6-4-5-7(12)15-10(17)8-9(13)16-11(14-3)18-8/h7H,4-6,13H2,1-3H3,(H,14,16)(H,15,17). The second-order valence-corrected chi connectivity index (χ2v) is 6.39. The summed E-state index contributed by atoms with van der Waals surface area (Å²) in [6.07, 6.45) is 3.35. The molecule has 2 rings (SSSR count). The van der Waals surface area contributed by atoms with Crippen LogP contribution in [0.3, 0.4) is 0 Å². The molecule has 1 saturated carbocycles. The number of hydrogen-bond acceptors (Lipinski definition) is 5. The van der Waals surface area contributed by atoms with Gasteiger partial charge in [0, 0.05) is 13.1 Å². The lowest BCUT2D eigenvalue weighted by Crippen LogP contribution is -2.41. The van der Waals surface area contributed by atoms with Crippen LogP contribution in [0.1, 0.15) is 42.8 Å². The molecule has 0 spiro atoms. The van der Waals surface area contributed by atoms with Crippen molar-refractivity contribution in [3.05, 3.63) is 4.88 Å². The predicted octanol–water partition coefficient (Wildman–Crippen LogP) is 2.08. The van der Waals surface area contributed by atoms with Crippen molar-refractivity contribution in [3.8, 4) is 0 Å². The van der Waals surface area contributed by atoms with Gasteiger partial charge in [-0.2, -0.15) is 0 Å². The molecule has 100 valence electrons. The molecular formula is C12H20N4OS.